The molecule has 0 unspecified atom stereocenters. The lowest BCUT2D eigenvalue weighted by Crippen LogP contribution is -3.00. The summed E-state index contributed by atoms with van der Waals surface area (Å²) in [5.74, 6) is -0.723. The van der Waals surface area contributed by atoms with E-state index in [1.807, 2.05) is 26.5 Å². The summed E-state index contributed by atoms with van der Waals surface area (Å²) >= 11 is 0. The molecule has 1 N–H and O–H groups in total. The summed E-state index contributed by atoms with van der Waals surface area (Å²) in [4.78, 5) is 12.6. The summed E-state index contributed by atoms with van der Waals surface area (Å²) in [5.41, 5.74) is 3.51. The highest BCUT2D eigenvalue weighted by Crippen LogP contribution is 2.14. The van der Waals surface area contributed by atoms with Crippen LogP contribution < -0.4 is 21.9 Å². The maximum atomic E-state index is 10.5. The molecule has 0 amide bonds. The van der Waals surface area contributed by atoms with Crippen LogP contribution in [0, 0.1) is 0 Å². The highest BCUT2D eigenvalue weighted by molar-refractivity contribution is 5.70. The van der Waals surface area contributed by atoms with Crippen molar-refractivity contribution in [2.45, 2.75) is 25.8 Å². The van der Waals surface area contributed by atoms with Crippen molar-refractivity contribution in [1.82, 2.24) is 0 Å². The quantitative estimate of drug-likeness (QED) is 0.550. The molecule has 4 nitrogen and oxygen atoms in total. The van der Waals surface area contributed by atoms with E-state index in [-0.39, 0.29) is 18.8 Å². The topological polar surface area (TPSA) is 44.4 Å². The lowest BCUT2D eigenvalue weighted by Gasteiger charge is -2.11. The number of carboxylic acid groups (broad SMARTS) is 1. The molecule has 1 heterocycles. The number of aliphatic carboxylic acids is 1. The molecule has 0 spiro atoms. The van der Waals surface area contributed by atoms with Crippen molar-refractivity contribution in [3.8, 4) is 0 Å². The zero-order chi connectivity index (χ0) is 17.4. The van der Waals surface area contributed by atoms with Gasteiger partial charge in [0, 0.05) is 44.8 Å². The number of carboxylic acids is 1. The van der Waals surface area contributed by atoms with Crippen LogP contribution in [0.5, 0.6) is 0 Å². The van der Waals surface area contributed by atoms with Crippen LogP contribution in [0.15, 0.2) is 48.8 Å². The maximum absolute atomic E-state index is 10.5. The van der Waals surface area contributed by atoms with E-state index in [0.29, 0.717) is 6.42 Å². The van der Waals surface area contributed by atoms with Crippen LogP contribution in [0.25, 0.3) is 12.2 Å². The minimum absolute atomic E-state index is 0. The number of aromatic nitrogens is 1. The fourth-order valence-electron chi connectivity index (χ4n) is 2.38. The predicted octanol–water partition coefficient (Wildman–Crippen LogP) is 0.469. The second-order valence-corrected chi connectivity index (χ2v) is 6.04. The number of hydrogen-bond donors (Lipinski definition) is 1. The van der Waals surface area contributed by atoms with Crippen molar-refractivity contribution in [2.24, 2.45) is 0 Å². The van der Waals surface area contributed by atoms with Crippen LogP contribution in [0.3, 0.4) is 0 Å². The van der Waals surface area contributed by atoms with Gasteiger partial charge in [-0.25, -0.2) is 4.57 Å². The Morgan fingerprint density at radius 1 is 1.00 bits per heavy atom. The maximum Gasteiger partial charge on any atom is 0.303 e. The van der Waals surface area contributed by atoms with Gasteiger partial charge in [0.1, 0.15) is 6.54 Å². The number of halogens is 1. The first-order chi connectivity index (χ1) is 11.5. The van der Waals surface area contributed by atoms with Crippen LogP contribution in [-0.4, -0.2) is 25.2 Å². The van der Waals surface area contributed by atoms with E-state index in [2.05, 4.69) is 58.0 Å². The third-order valence-electron chi connectivity index (χ3n) is 3.85. The third-order valence-corrected chi connectivity index (χ3v) is 3.85. The number of nitrogens with zero attached hydrogens (tertiary/aromatic N) is 2. The van der Waals surface area contributed by atoms with E-state index in [1.54, 1.807) is 0 Å². The van der Waals surface area contributed by atoms with Gasteiger partial charge in [-0.15, -0.1) is 0 Å². The van der Waals surface area contributed by atoms with Gasteiger partial charge in [-0.1, -0.05) is 24.3 Å². The Labute approximate surface area is 155 Å². The minimum Gasteiger partial charge on any atom is -1.00 e. The number of hydrogen-bond acceptors (Lipinski definition) is 2. The number of anilines is 1. The minimum atomic E-state index is -0.723. The second kappa shape index (κ2) is 10.5. The first-order valence-electron chi connectivity index (χ1n) is 8.21. The molecular weight excluding hydrogens is 336 g/mol. The first kappa shape index (κ1) is 20.7. The molecule has 1 aromatic carbocycles. The Morgan fingerprint density at radius 2 is 1.56 bits per heavy atom. The van der Waals surface area contributed by atoms with E-state index in [1.165, 1.54) is 11.3 Å². The molecule has 0 fully saturated rings. The fourth-order valence-corrected chi connectivity index (χ4v) is 2.38. The Kier molecular flexibility index (Phi) is 8.71. The summed E-state index contributed by atoms with van der Waals surface area (Å²) < 4.78 is 2.09. The highest BCUT2D eigenvalue weighted by Gasteiger charge is 2.02. The first-order valence-corrected chi connectivity index (χ1v) is 8.21. The average molecular weight is 361 g/mol. The van der Waals surface area contributed by atoms with Crippen molar-refractivity contribution >= 4 is 23.8 Å². The fraction of sp³-hybridized carbons (Fsp3) is 0.300. The SMILES string of the molecule is CN(C)c1ccc(/C=C\c2cc[n+](CCCCC(=O)O)cc2)cc1.[Cl-]. The zero-order valence-electron chi connectivity index (χ0n) is 14.7. The molecule has 5 heteroatoms. The standard InChI is InChI=1S/C20H24N2O2.ClH/c1-21(2)19-10-8-17(9-11-19)6-7-18-12-15-22(16-13-18)14-4-3-5-20(23)24;/h6-13,15-16H,3-5,14H2,1-2H3;1H. The predicted molar refractivity (Wildman–Crippen MR) is 97.8 cm³/mol. The van der Waals surface area contributed by atoms with E-state index in [9.17, 15) is 4.79 Å². The van der Waals surface area contributed by atoms with Crippen molar-refractivity contribution in [3.05, 3.63) is 59.9 Å². The van der Waals surface area contributed by atoms with Gasteiger partial charge in [0.25, 0.3) is 0 Å². The van der Waals surface area contributed by atoms with Crippen LogP contribution in [0.1, 0.15) is 30.4 Å². The summed E-state index contributed by atoms with van der Waals surface area (Å²) in [7, 11) is 4.07. The van der Waals surface area contributed by atoms with Crippen molar-refractivity contribution in [3.63, 3.8) is 0 Å². The molecule has 0 atom stereocenters. The van der Waals surface area contributed by atoms with Gasteiger partial charge in [0.2, 0.25) is 0 Å². The van der Waals surface area contributed by atoms with Crippen LogP contribution in [-0.2, 0) is 11.3 Å². The van der Waals surface area contributed by atoms with E-state index >= 15 is 0 Å². The molecule has 2 rings (SSSR count). The smallest absolute Gasteiger partial charge is 0.303 e. The van der Waals surface area contributed by atoms with Gasteiger partial charge in [0.15, 0.2) is 12.4 Å². The molecule has 134 valence electrons. The Hall–Kier alpha value is -2.33. The van der Waals surface area contributed by atoms with Gasteiger partial charge < -0.3 is 22.4 Å². The van der Waals surface area contributed by atoms with Crippen LogP contribution in [0.2, 0.25) is 0 Å². The van der Waals surface area contributed by atoms with Gasteiger partial charge >= 0.3 is 5.97 Å². The summed E-state index contributed by atoms with van der Waals surface area (Å²) in [6.07, 6.45) is 10.1. The summed E-state index contributed by atoms with van der Waals surface area (Å²) in [6.45, 7) is 0.850. The molecule has 25 heavy (non-hydrogen) atoms. The molecule has 1 aromatic heterocycles. The Bertz CT molecular complexity index is 680. The lowest BCUT2D eigenvalue weighted by molar-refractivity contribution is -0.697. The van der Waals surface area contributed by atoms with Crippen LogP contribution in [0.4, 0.5) is 5.69 Å². The van der Waals surface area contributed by atoms with Gasteiger partial charge in [-0.2, -0.15) is 0 Å². The van der Waals surface area contributed by atoms with Crippen molar-refractivity contribution < 1.29 is 26.9 Å². The zero-order valence-corrected chi connectivity index (χ0v) is 15.5. The van der Waals surface area contributed by atoms with E-state index in [4.69, 9.17) is 5.11 Å². The third kappa shape index (κ3) is 7.40. The van der Waals surface area contributed by atoms with E-state index in [0.717, 1.165) is 18.5 Å². The molecule has 0 radical (unpaired) electrons. The number of carbonyl (C=O) groups is 1. The Morgan fingerprint density at radius 3 is 2.08 bits per heavy atom. The lowest BCUT2D eigenvalue weighted by atomic mass is 10.1. The largest absolute Gasteiger partial charge is 1.00 e. The molecule has 2 aromatic rings. The highest BCUT2D eigenvalue weighted by atomic mass is 35.5. The molecular formula is C20H25ClN2O2. The molecule has 0 aliphatic carbocycles. The summed E-state index contributed by atoms with van der Waals surface area (Å²) in [5, 5.41) is 8.63. The number of benzene rings is 1. The number of unbranched alkanes of at least 4 members (excludes halogenated alkanes) is 1. The molecule has 0 aliphatic rings. The van der Waals surface area contributed by atoms with Crippen molar-refractivity contribution in [1.29, 1.82) is 0 Å². The van der Waals surface area contributed by atoms with Crippen molar-refractivity contribution in [2.75, 3.05) is 19.0 Å². The number of rotatable bonds is 8. The van der Waals surface area contributed by atoms with Gasteiger partial charge in [0.05, 0.1) is 0 Å². The monoisotopic (exact) mass is 360 g/mol. The van der Waals surface area contributed by atoms with Gasteiger partial charge in [-0.3, -0.25) is 4.79 Å². The molecule has 0 aliphatic heterocycles. The van der Waals surface area contributed by atoms with Gasteiger partial charge in [-0.05, 0) is 29.7 Å². The average Bonchev–Trinajstić information content (AvgIpc) is 2.58. The molecule has 0 bridgehead atoms. The normalized spacial score (nSPS) is 10.5. The second-order valence-electron chi connectivity index (χ2n) is 6.04. The van der Waals surface area contributed by atoms with Crippen LogP contribution >= 0.6 is 0 Å². The number of pyridine rings is 1. The summed E-state index contributed by atoms with van der Waals surface area (Å²) in [6, 6.07) is 12.6. The molecule has 0 saturated carbocycles. The Balaban J connectivity index is 0.00000312. The number of aryl methyl sites for hydroxylation is 1. The van der Waals surface area contributed by atoms with E-state index < -0.39 is 5.97 Å². The molecule has 0 saturated heterocycles.